The number of nitrogens with one attached hydrogen (secondary N) is 2. The molecule has 3 aromatic rings. The van der Waals surface area contributed by atoms with Gasteiger partial charge < -0.3 is 10.3 Å². The fourth-order valence-electron chi connectivity index (χ4n) is 3.74. The number of hydrogen-bond acceptors (Lipinski definition) is 4. The van der Waals surface area contributed by atoms with Crippen LogP contribution in [0.2, 0.25) is 5.02 Å². The molecule has 27 heavy (non-hydrogen) atoms. The van der Waals surface area contributed by atoms with Gasteiger partial charge in [-0.1, -0.05) is 11.6 Å². The van der Waals surface area contributed by atoms with Crippen molar-refractivity contribution in [2.75, 3.05) is 5.32 Å². The van der Waals surface area contributed by atoms with E-state index in [1.807, 2.05) is 12.3 Å². The zero-order valence-electron chi connectivity index (χ0n) is 14.7. The first-order chi connectivity index (χ1) is 13.1. The highest BCUT2D eigenvalue weighted by Gasteiger charge is 2.24. The molecule has 140 valence electrons. The summed E-state index contributed by atoms with van der Waals surface area (Å²) in [6.45, 7) is 0. The molecule has 1 aliphatic rings. The lowest BCUT2D eigenvalue weighted by Crippen LogP contribution is -2.27. The summed E-state index contributed by atoms with van der Waals surface area (Å²) in [4.78, 5) is 24.1. The molecule has 1 saturated carbocycles. The normalized spacial score (nSPS) is 19.9. The maximum atomic E-state index is 13.3. The van der Waals surface area contributed by atoms with E-state index in [2.05, 4.69) is 20.3 Å². The summed E-state index contributed by atoms with van der Waals surface area (Å²) in [7, 11) is 0. The van der Waals surface area contributed by atoms with Gasteiger partial charge in [-0.2, -0.15) is 0 Å². The molecule has 1 aliphatic carbocycles. The smallest absolute Gasteiger partial charge is 0.163 e. The highest BCUT2D eigenvalue weighted by molar-refractivity contribution is 6.31. The van der Waals surface area contributed by atoms with Crippen LogP contribution in [0.15, 0.2) is 36.8 Å². The van der Waals surface area contributed by atoms with Gasteiger partial charge in [-0.05, 0) is 55.9 Å². The molecule has 1 aromatic carbocycles. The predicted octanol–water partition coefficient (Wildman–Crippen LogP) is 4.99. The Bertz CT molecular complexity index is 966. The molecule has 2 aromatic heterocycles. The molecule has 0 aliphatic heterocycles. The summed E-state index contributed by atoms with van der Waals surface area (Å²) in [6, 6.07) is 6.48. The average molecular weight is 387 g/mol. The van der Waals surface area contributed by atoms with Crippen LogP contribution < -0.4 is 5.32 Å². The first kappa shape index (κ1) is 17.9. The van der Waals surface area contributed by atoms with Crippen LogP contribution in [0, 0.1) is 11.7 Å². The number of fused-ring (bicyclic) bond motifs is 1. The van der Waals surface area contributed by atoms with Crippen molar-refractivity contribution >= 4 is 34.2 Å². The molecule has 1 fully saturated rings. The number of benzene rings is 1. The summed E-state index contributed by atoms with van der Waals surface area (Å²) in [5.74, 6) is 0.720. The van der Waals surface area contributed by atoms with Gasteiger partial charge in [-0.25, -0.2) is 14.4 Å². The van der Waals surface area contributed by atoms with Crippen molar-refractivity contribution in [3.63, 3.8) is 0 Å². The third-order valence-electron chi connectivity index (χ3n) is 5.26. The van der Waals surface area contributed by atoms with Gasteiger partial charge in [-0.3, -0.25) is 4.79 Å². The van der Waals surface area contributed by atoms with Crippen LogP contribution in [-0.4, -0.2) is 26.8 Å². The molecule has 0 amide bonds. The number of anilines is 1. The van der Waals surface area contributed by atoms with Gasteiger partial charge >= 0.3 is 0 Å². The third kappa shape index (κ3) is 3.95. The number of rotatable bonds is 5. The first-order valence-electron chi connectivity index (χ1n) is 9.13. The summed E-state index contributed by atoms with van der Waals surface area (Å²) in [5.41, 5.74) is 1.31. The predicted molar refractivity (Wildman–Crippen MR) is 104 cm³/mol. The molecule has 7 heteroatoms. The Kier molecular flexibility index (Phi) is 5.07. The molecule has 2 heterocycles. The van der Waals surface area contributed by atoms with E-state index in [1.165, 1.54) is 18.2 Å². The molecule has 2 N–H and O–H groups in total. The molecule has 4 rings (SSSR count). The Labute approximate surface area is 161 Å². The Morgan fingerprint density at radius 3 is 2.81 bits per heavy atom. The van der Waals surface area contributed by atoms with Gasteiger partial charge in [0.15, 0.2) is 5.78 Å². The van der Waals surface area contributed by atoms with Gasteiger partial charge in [0.1, 0.15) is 23.6 Å². The van der Waals surface area contributed by atoms with Crippen molar-refractivity contribution in [1.29, 1.82) is 0 Å². The monoisotopic (exact) mass is 386 g/mol. The molecule has 5 nitrogen and oxygen atoms in total. The highest BCUT2D eigenvalue weighted by Crippen LogP contribution is 2.31. The zero-order valence-corrected chi connectivity index (χ0v) is 15.5. The molecular formula is C20H20ClFN4O. The quantitative estimate of drug-likeness (QED) is 0.606. The minimum Gasteiger partial charge on any atom is -0.367 e. The van der Waals surface area contributed by atoms with Crippen LogP contribution >= 0.6 is 11.6 Å². The van der Waals surface area contributed by atoms with E-state index in [4.69, 9.17) is 11.6 Å². The van der Waals surface area contributed by atoms with Crippen LogP contribution in [0.5, 0.6) is 0 Å². The van der Waals surface area contributed by atoms with Gasteiger partial charge in [0, 0.05) is 24.2 Å². The van der Waals surface area contributed by atoms with Crippen LogP contribution in [0.4, 0.5) is 10.2 Å². The largest absolute Gasteiger partial charge is 0.367 e. The Morgan fingerprint density at radius 1 is 1.22 bits per heavy atom. The number of ketones is 1. The van der Waals surface area contributed by atoms with Crippen LogP contribution in [-0.2, 0) is 0 Å². The lowest BCUT2D eigenvalue weighted by atomic mass is 9.82. The van der Waals surface area contributed by atoms with Gasteiger partial charge in [0.05, 0.1) is 10.4 Å². The van der Waals surface area contributed by atoms with Crippen molar-refractivity contribution in [1.82, 2.24) is 15.0 Å². The summed E-state index contributed by atoms with van der Waals surface area (Å²) in [5, 5.41) is 4.50. The highest BCUT2D eigenvalue weighted by atomic mass is 35.5. The second-order valence-electron chi connectivity index (χ2n) is 7.08. The van der Waals surface area contributed by atoms with Gasteiger partial charge in [-0.15, -0.1) is 0 Å². The van der Waals surface area contributed by atoms with Gasteiger partial charge in [0.25, 0.3) is 0 Å². The third-order valence-corrected chi connectivity index (χ3v) is 5.55. The van der Waals surface area contributed by atoms with E-state index in [9.17, 15) is 9.18 Å². The molecule has 0 radical (unpaired) electrons. The molecule has 0 saturated heterocycles. The van der Waals surface area contributed by atoms with E-state index in [0.717, 1.165) is 42.5 Å². The van der Waals surface area contributed by atoms with Crippen LogP contribution in [0.1, 0.15) is 42.5 Å². The first-order valence-corrected chi connectivity index (χ1v) is 9.51. The number of halogens is 2. The maximum absolute atomic E-state index is 13.3. The average Bonchev–Trinajstić information content (AvgIpc) is 3.15. The zero-order chi connectivity index (χ0) is 18.8. The summed E-state index contributed by atoms with van der Waals surface area (Å²) in [6.07, 6.45) is 7.80. The number of nitrogens with zero attached hydrogens (tertiary/aromatic N) is 2. The second-order valence-corrected chi connectivity index (χ2v) is 7.49. The standard InChI is InChI=1S/C20H20ClFN4O/c21-16-10-13(3-6-17(16)22)18(27)9-12-1-4-14(5-2-12)26-20-15-7-8-23-19(15)24-11-25-20/h3,6-8,10-12,14H,1-2,4-5,9H2,(H2,23,24,25,26). The molecule has 0 spiro atoms. The Hall–Kier alpha value is -2.47. The summed E-state index contributed by atoms with van der Waals surface area (Å²) < 4.78 is 13.3. The molecule has 0 unspecified atom stereocenters. The number of aromatic nitrogens is 3. The molecular weight excluding hydrogens is 367 g/mol. The second kappa shape index (κ2) is 7.64. The molecule has 0 bridgehead atoms. The Morgan fingerprint density at radius 2 is 2.04 bits per heavy atom. The van der Waals surface area contributed by atoms with Crippen molar-refractivity contribution in [3.8, 4) is 0 Å². The van der Waals surface area contributed by atoms with Crippen molar-refractivity contribution in [2.24, 2.45) is 5.92 Å². The minimum absolute atomic E-state index is 0.00493. The lowest BCUT2D eigenvalue weighted by molar-refractivity contribution is 0.0949. The maximum Gasteiger partial charge on any atom is 0.163 e. The van der Waals surface area contributed by atoms with E-state index >= 15 is 0 Å². The number of aromatic amines is 1. The number of hydrogen-bond donors (Lipinski definition) is 2. The SMILES string of the molecule is O=C(CC1CCC(Nc2ncnc3[nH]ccc23)CC1)c1ccc(F)c(Cl)c1. The van der Waals surface area contributed by atoms with Crippen molar-refractivity contribution < 1.29 is 9.18 Å². The van der Waals surface area contributed by atoms with Crippen LogP contribution in [0.3, 0.4) is 0 Å². The summed E-state index contributed by atoms with van der Waals surface area (Å²) >= 11 is 5.78. The van der Waals surface area contributed by atoms with Crippen molar-refractivity contribution in [2.45, 2.75) is 38.1 Å². The number of carbonyl (C=O) groups is 1. The van der Waals surface area contributed by atoms with Crippen molar-refractivity contribution in [3.05, 3.63) is 53.2 Å². The topological polar surface area (TPSA) is 70.7 Å². The number of Topliss-reactive ketones (excluding diaryl/α,β-unsaturated/α-hetero) is 1. The Balaban J connectivity index is 1.33. The van der Waals surface area contributed by atoms with E-state index < -0.39 is 5.82 Å². The van der Waals surface area contributed by atoms with Gasteiger partial charge in [0.2, 0.25) is 0 Å². The fourth-order valence-corrected chi connectivity index (χ4v) is 3.92. The van der Waals surface area contributed by atoms with E-state index in [1.54, 1.807) is 6.33 Å². The van der Waals surface area contributed by atoms with E-state index in [-0.39, 0.29) is 10.8 Å². The van der Waals surface area contributed by atoms with Crippen LogP contribution in [0.25, 0.3) is 11.0 Å². The molecule has 0 atom stereocenters. The minimum atomic E-state index is -0.499. The lowest BCUT2D eigenvalue weighted by Gasteiger charge is -2.29. The fraction of sp³-hybridized carbons (Fsp3) is 0.350. The number of carbonyl (C=O) groups excluding carboxylic acids is 1. The number of H-pyrrole nitrogens is 1. The van der Waals surface area contributed by atoms with E-state index in [0.29, 0.717) is 23.9 Å².